The van der Waals surface area contributed by atoms with Crippen LogP contribution in [-0.4, -0.2) is 12.5 Å². The smallest absolute Gasteiger partial charge is 0.291 e. The summed E-state index contributed by atoms with van der Waals surface area (Å²) in [6.45, 7) is 0.819. The Balaban J connectivity index is 1.49. The largest absolute Gasteiger partial charge is 0.459 e. The summed E-state index contributed by atoms with van der Waals surface area (Å²) < 4.78 is 5.06. The molecule has 0 saturated carbocycles. The van der Waals surface area contributed by atoms with Crippen LogP contribution in [0.2, 0.25) is 5.02 Å². The predicted molar refractivity (Wildman–Crippen MR) is 96.7 cm³/mol. The summed E-state index contributed by atoms with van der Waals surface area (Å²) in [7, 11) is 0. The third kappa shape index (κ3) is 4.40. The first-order chi connectivity index (χ1) is 11.7. The number of benzene rings is 2. The van der Waals surface area contributed by atoms with E-state index >= 15 is 0 Å². The molecule has 2 aromatic carbocycles. The van der Waals surface area contributed by atoms with Crippen LogP contribution in [0.4, 0.5) is 11.4 Å². The molecule has 3 rings (SSSR count). The molecule has 0 radical (unpaired) electrons. The summed E-state index contributed by atoms with van der Waals surface area (Å²) in [6, 6.07) is 18.7. The van der Waals surface area contributed by atoms with Crippen molar-refractivity contribution in [3.8, 4) is 0 Å². The molecule has 2 N–H and O–H groups in total. The standard InChI is InChI=1S/C19H17ClN2O2/c20-15-5-3-14(4-6-15)11-12-21-16-7-9-17(10-8-16)22-19(23)18-2-1-13-24-18/h1-10,13,21H,11-12H2,(H,22,23). The molecule has 0 aliphatic heterocycles. The zero-order valence-electron chi connectivity index (χ0n) is 13.0. The molecular formula is C19H17ClN2O2. The first-order valence-corrected chi connectivity index (χ1v) is 8.02. The van der Waals surface area contributed by atoms with Crippen LogP contribution in [0.15, 0.2) is 71.3 Å². The van der Waals surface area contributed by atoms with Gasteiger partial charge in [0, 0.05) is 22.9 Å². The molecule has 3 aromatic rings. The van der Waals surface area contributed by atoms with Gasteiger partial charge in [0.2, 0.25) is 0 Å². The van der Waals surface area contributed by atoms with E-state index in [1.165, 1.54) is 11.8 Å². The lowest BCUT2D eigenvalue weighted by Crippen LogP contribution is -2.11. The van der Waals surface area contributed by atoms with E-state index in [1.54, 1.807) is 12.1 Å². The van der Waals surface area contributed by atoms with Gasteiger partial charge in [-0.3, -0.25) is 4.79 Å². The first-order valence-electron chi connectivity index (χ1n) is 7.64. The van der Waals surface area contributed by atoms with Crippen molar-refractivity contribution in [2.45, 2.75) is 6.42 Å². The molecule has 0 bridgehead atoms. The molecule has 0 spiro atoms. The van der Waals surface area contributed by atoms with Crippen LogP contribution < -0.4 is 10.6 Å². The molecular weight excluding hydrogens is 324 g/mol. The molecule has 0 aliphatic carbocycles. The number of carbonyl (C=O) groups is 1. The van der Waals surface area contributed by atoms with Gasteiger partial charge in [0.1, 0.15) is 0 Å². The van der Waals surface area contributed by atoms with Crippen molar-refractivity contribution in [1.82, 2.24) is 0 Å². The highest BCUT2D eigenvalue weighted by atomic mass is 35.5. The number of anilines is 2. The number of carbonyl (C=O) groups excluding carboxylic acids is 1. The van der Waals surface area contributed by atoms with Crippen molar-refractivity contribution in [3.05, 3.63) is 83.3 Å². The average molecular weight is 341 g/mol. The van der Waals surface area contributed by atoms with Crippen LogP contribution in [0, 0.1) is 0 Å². The molecule has 1 aromatic heterocycles. The Morgan fingerprint density at radius 3 is 2.33 bits per heavy atom. The van der Waals surface area contributed by atoms with Gasteiger partial charge < -0.3 is 15.1 Å². The van der Waals surface area contributed by atoms with Crippen molar-refractivity contribution >= 4 is 28.9 Å². The number of nitrogens with one attached hydrogen (secondary N) is 2. The van der Waals surface area contributed by atoms with Gasteiger partial charge in [-0.05, 0) is 60.5 Å². The Labute approximate surface area is 145 Å². The zero-order chi connectivity index (χ0) is 16.8. The molecule has 24 heavy (non-hydrogen) atoms. The second kappa shape index (κ2) is 7.70. The van der Waals surface area contributed by atoms with Gasteiger partial charge in [-0.25, -0.2) is 0 Å². The molecule has 0 fully saturated rings. The summed E-state index contributed by atoms with van der Waals surface area (Å²) in [5.41, 5.74) is 2.95. The molecule has 0 aliphatic rings. The number of halogens is 1. The van der Waals surface area contributed by atoms with Crippen LogP contribution in [0.25, 0.3) is 0 Å². The lowest BCUT2D eigenvalue weighted by atomic mass is 10.1. The fraction of sp³-hybridized carbons (Fsp3) is 0.105. The van der Waals surface area contributed by atoms with Crippen LogP contribution >= 0.6 is 11.6 Å². The van der Waals surface area contributed by atoms with E-state index < -0.39 is 0 Å². The zero-order valence-corrected chi connectivity index (χ0v) is 13.7. The van der Waals surface area contributed by atoms with Gasteiger partial charge in [0.25, 0.3) is 5.91 Å². The Kier molecular flexibility index (Phi) is 5.18. The third-order valence-electron chi connectivity index (χ3n) is 3.54. The maximum absolute atomic E-state index is 11.9. The quantitative estimate of drug-likeness (QED) is 0.675. The second-order valence-corrected chi connectivity index (χ2v) is 5.75. The Hall–Kier alpha value is -2.72. The van der Waals surface area contributed by atoms with Gasteiger partial charge in [0.05, 0.1) is 6.26 Å². The van der Waals surface area contributed by atoms with E-state index in [2.05, 4.69) is 10.6 Å². The Morgan fingerprint density at radius 2 is 1.67 bits per heavy atom. The molecule has 4 nitrogen and oxygen atoms in total. The first kappa shape index (κ1) is 16.1. The van der Waals surface area contributed by atoms with E-state index in [0.717, 1.165) is 29.4 Å². The highest BCUT2D eigenvalue weighted by molar-refractivity contribution is 6.30. The van der Waals surface area contributed by atoms with Gasteiger partial charge in [-0.1, -0.05) is 23.7 Å². The summed E-state index contributed by atoms with van der Waals surface area (Å²) in [5, 5.41) is 6.89. The number of amides is 1. The highest BCUT2D eigenvalue weighted by Crippen LogP contribution is 2.15. The van der Waals surface area contributed by atoms with E-state index in [-0.39, 0.29) is 5.91 Å². The Bertz CT molecular complexity index is 781. The van der Waals surface area contributed by atoms with Crippen molar-refractivity contribution < 1.29 is 9.21 Å². The SMILES string of the molecule is O=C(Nc1ccc(NCCc2ccc(Cl)cc2)cc1)c1ccco1. The van der Waals surface area contributed by atoms with Gasteiger partial charge in [-0.15, -0.1) is 0 Å². The van der Waals surface area contributed by atoms with Crippen molar-refractivity contribution in [1.29, 1.82) is 0 Å². The number of hydrogen-bond donors (Lipinski definition) is 2. The summed E-state index contributed by atoms with van der Waals surface area (Å²) in [6.07, 6.45) is 2.39. The molecule has 0 saturated heterocycles. The predicted octanol–water partition coefficient (Wildman–Crippen LogP) is 4.84. The number of rotatable bonds is 6. The summed E-state index contributed by atoms with van der Waals surface area (Å²) >= 11 is 5.87. The minimum atomic E-state index is -0.261. The van der Waals surface area contributed by atoms with Crippen LogP contribution in [0.3, 0.4) is 0 Å². The van der Waals surface area contributed by atoms with Gasteiger partial charge in [0.15, 0.2) is 5.76 Å². The fourth-order valence-electron chi connectivity index (χ4n) is 2.27. The van der Waals surface area contributed by atoms with Crippen molar-refractivity contribution in [3.63, 3.8) is 0 Å². The lowest BCUT2D eigenvalue weighted by Gasteiger charge is -2.08. The van der Waals surface area contributed by atoms with Crippen LogP contribution in [0.5, 0.6) is 0 Å². The van der Waals surface area contributed by atoms with Gasteiger partial charge >= 0.3 is 0 Å². The van der Waals surface area contributed by atoms with E-state index in [0.29, 0.717) is 5.76 Å². The molecule has 1 amide bonds. The maximum Gasteiger partial charge on any atom is 0.291 e. The number of hydrogen-bond acceptors (Lipinski definition) is 3. The molecule has 0 atom stereocenters. The topological polar surface area (TPSA) is 54.3 Å². The monoisotopic (exact) mass is 340 g/mol. The van der Waals surface area contributed by atoms with Crippen LogP contribution in [-0.2, 0) is 6.42 Å². The second-order valence-electron chi connectivity index (χ2n) is 5.31. The van der Waals surface area contributed by atoms with E-state index in [1.807, 2.05) is 48.5 Å². The van der Waals surface area contributed by atoms with E-state index in [4.69, 9.17) is 16.0 Å². The molecule has 0 unspecified atom stereocenters. The van der Waals surface area contributed by atoms with Crippen molar-refractivity contribution in [2.75, 3.05) is 17.2 Å². The van der Waals surface area contributed by atoms with Crippen LogP contribution in [0.1, 0.15) is 16.1 Å². The molecule has 1 heterocycles. The molecule has 5 heteroatoms. The molecule has 122 valence electrons. The highest BCUT2D eigenvalue weighted by Gasteiger charge is 2.08. The van der Waals surface area contributed by atoms with E-state index in [9.17, 15) is 4.79 Å². The lowest BCUT2D eigenvalue weighted by molar-refractivity contribution is 0.0996. The summed E-state index contributed by atoms with van der Waals surface area (Å²) in [4.78, 5) is 11.9. The normalized spacial score (nSPS) is 10.4. The Morgan fingerprint density at radius 1 is 0.958 bits per heavy atom. The maximum atomic E-state index is 11.9. The van der Waals surface area contributed by atoms with Gasteiger partial charge in [-0.2, -0.15) is 0 Å². The minimum absolute atomic E-state index is 0.261. The minimum Gasteiger partial charge on any atom is -0.459 e. The average Bonchev–Trinajstić information content (AvgIpc) is 3.13. The number of furan rings is 1. The third-order valence-corrected chi connectivity index (χ3v) is 3.80. The van der Waals surface area contributed by atoms with Crippen molar-refractivity contribution in [2.24, 2.45) is 0 Å². The fourth-order valence-corrected chi connectivity index (χ4v) is 2.40. The summed E-state index contributed by atoms with van der Waals surface area (Å²) in [5.74, 6) is 0.0311.